The Morgan fingerprint density at radius 3 is 2.65 bits per heavy atom. The molecule has 0 aliphatic heterocycles. The second-order valence-corrected chi connectivity index (χ2v) is 6.27. The SMILES string of the molecule is CC(C)n1cc(C(=O)NCc2nc3cc(C(F)(F)F)ccc3n2C)cn1. The van der Waals surface area contributed by atoms with Gasteiger partial charge < -0.3 is 9.88 Å². The van der Waals surface area contributed by atoms with Gasteiger partial charge in [-0.15, -0.1) is 0 Å². The van der Waals surface area contributed by atoms with Crippen molar-refractivity contribution in [2.45, 2.75) is 32.6 Å². The number of carbonyl (C=O) groups excluding carboxylic acids is 1. The van der Waals surface area contributed by atoms with Gasteiger partial charge in [-0.1, -0.05) is 0 Å². The first-order chi connectivity index (χ1) is 12.2. The van der Waals surface area contributed by atoms with E-state index in [9.17, 15) is 18.0 Å². The predicted molar refractivity (Wildman–Crippen MR) is 89.5 cm³/mol. The van der Waals surface area contributed by atoms with Gasteiger partial charge in [0.1, 0.15) is 5.82 Å². The van der Waals surface area contributed by atoms with Crippen LogP contribution in [0.5, 0.6) is 0 Å². The topological polar surface area (TPSA) is 64.7 Å². The fraction of sp³-hybridized carbons (Fsp3) is 0.353. The third kappa shape index (κ3) is 3.42. The quantitative estimate of drug-likeness (QED) is 0.772. The number of halogens is 3. The van der Waals surface area contributed by atoms with Gasteiger partial charge in [-0.05, 0) is 32.0 Å². The minimum Gasteiger partial charge on any atom is -0.345 e. The number of aromatic nitrogens is 4. The van der Waals surface area contributed by atoms with E-state index < -0.39 is 11.7 Å². The molecule has 26 heavy (non-hydrogen) atoms. The van der Waals surface area contributed by atoms with E-state index in [0.29, 0.717) is 16.9 Å². The Labute approximate surface area is 147 Å². The highest BCUT2D eigenvalue weighted by atomic mass is 19.4. The van der Waals surface area contributed by atoms with Gasteiger partial charge in [0.15, 0.2) is 0 Å². The molecule has 0 saturated heterocycles. The van der Waals surface area contributed by atoms with Crippen LogP contribution in [-0.4, -0.2) is 25.2 Å². The first-order valence-corrected chi connectivity index (χ1v) is 8.01. The molecule has 0 atom stereocenters. The van der Waals surface area contributed by atoms with E-state index in [0.717, 1.165) is 12.1 Å². The maximum atomic E-state index is 12.8. The number of aryl methyl sites for hydroxylation is 1. The molecular weight excluding hydrogens is 347 g/mol. The maximum absolute atomic E-state index is 12.8. The molecular formula is C17H18F3N5O. The van der Waals surface area contributed by atoms with E-state index in [1.54, 1.807) is 22.5 Å². The molecule has 0 radical (unpaired) electrons. The molecule has 0 saturated carbocycles. The molecule has 6 nitrogen and oxygen atoms in total. The van der Waals surface area contributed by atoms with E-state index in [1.807, 2.05) is 13.8 Å². The fourth-order valence-electron chi connectivity index (χ4n) is 2.58. The number of nitrogens with one attached hydrogen (secondary N) is 1. The van der Waals surface area contributed by atoms with Crippen molar-refractivity contribution >= 4 is 16.9 Å². The normalized spacial score (nSPS) is 12.1. The average molecular weight is 365 g/mol. The van der Waals surface area contributed by atoms with Gasteiger partial charge in [0, 0.05) is 19.3 Å². The predicted octanol–water partition coefficient (Wildman–Crippen LogP) is 3.30. The van der Waals surface area contributed by atoms with Crippen LogP contribution in [-0.2, 0) is 19.8 Å². The number of rotatable bonds is 4. The van der Waals surface area contributed by atoms with Crippen LogP contribution < -0.4 is 5.32 Å². The van der Waals surface area contributed by atoms with Crippen LogP contribution in [0, 0.1) is 0 Å². The molecule has 0 unspecified atom stereocenters. The van der Waals surface area contributed by atoms with Crippen LogP contribution >= 0.6 is 0 Å². The van der Waals surface area contributed by atoms with Gasteiger partial charge in [0.2, 0.25) is 0 Å². The van der Waals surface area contributed by atoms with Crippen molar-refractivity contribution in [3.63, 3.8) is 0 Å². The third-order valence-electron chi connectivity index (χ3n) is 4.10. The largest absolute Gasteiger partial charge is 0.416 e. The highest BCUT2D eigenvalue weighted by Crippen LogP contribution is 2.31. The van der Waals surface area contributed by atoms with E-state index in [4.69, 9.17) is 0 Å². The fourth-order valence-corrected chi connectivity index (χ4v) is 2.58. The van der Waals surface area contributed by atoms with E-state index in [-0.39, 0.29) is 24.0 Å². The summed E-state index contributed by atoms with van der Waals surface area (Å²) in [5.74, 6) is 0.142. The van der Waals surface area contributed by atoms with Crippen molar-refractivity contribution in [1.82, 2.24) is 24.6 Å². The average Bonchev–Trinajstić information content (AvgIpc) is 3.17. The van der Waals surface area contributed by atoms with Gasteiger partial charge in [-0.25, -0.2) is 4.98 Å². The summed E-state index contributed by atoms with van der Waals surface area (Å²) in [7, 11) is 1.70. The standard InChI is InChI=1S/C17H18F3N5O/c1-10(2)25-9-11(7-22-25)16(26)21-8-15-23-13-6-12(17(18,19)20)4-5-14(13)24(15)3/h4-7,9-10H,8H2,1-3H3,(H,21,26). The number of fused-ring (bicyclic) bond motifs is 1. The second-order valence-electron chi connectivity index (χ2n) is 6.27. The van der Waals surface area contributed by atoms with Crippen molar-refractivity contribution in [1.29, 1.82) is 0 Å². The summed E-state index contributed by atoms with van der Waals surface area (Å²) in [5, 5.41) is 6.82. The van der Waals surface area contributed by atoms with Gasteiger partial charge in [-0.2, -0.15) is 18.3 Å². The molecule has 1 amide bonds. The summed E-state index contributed by atoms with van der Waals surface area (Å²) in [6, 6.07) is 3.54. The van der Waals surface area contributed by atoms with Crippen LogP contribution in [0.4, 0.5) is 13.2 Å². The Morgan fingerprint density at radius 1 is 1.31 bits per heavy atom. The van der Waals surface area contributed by atoms with E-state index >= 15 is 0 Å². The maximum Gasteiger partial charge on any atom is 0.416 e. The number of nitrogens with zero attached hydrogens (tertiary/aromatic N) is 4. The summed E-state index contributed by atoms with van der Waals surface area (Å²) in [4.78, 5) is 16.4. The molecule has 3 aromatic rings. The van der Waals surface area contributed by atoms with Crippen molar-refractivity contribution < 1.29 is 18.0 Å². The Hall–Kier alpha value is -2.84. The molecule has 138 valence electrons. The molecule has 0 aliphatic rings. The summed E-state index contributed by atoms with van der Waals surface area (Å²) in [6.07, 6.45) is -1.30. The lowest BCUT2D eigenvalue weighted by Crippen LogP contribution is -2.24. The number of hydrogen-bond donors (Lipinski definition) is 1. The van der Waals surface area contributed by atoms with Crippen LogP contribution in [0.3, 0.4) is 0 Å². The number of hydrogen-bond acceptors (Lipinski definition) is 3. The zero-order valence-electron chi connectivity index (χ0n) is 14.5. The van der Waals surface area contributed by atoms with E-state index in [1.165, 1.54) is 12.3 Å². The van der Waals surface area contributed by atoms with Gasteiger partial charge in [0.05, 0.1) is 34.9 Å². The lowest BCUT2D eigenvalue weighted by atomic mass is 10.2. The molecule has 2 aromatic heterocycles. The van der Waals surface area contributed by atoms with Gasteiger partial charge in [0.25, 0.3) is 5.91 Å². The van der Waals surface area contributed by atoms with Gasteiger partial charge >= 0.3 is 6.18 Å². The molecule has 1 aromatic carbocycles. The Balaban J connectivity index is 1.78. The number of benzene rings is 1. The summed E-state index contributed by atoms with van der Waals surface area (Å²) < 4.78 is 41.8. The van der Waals surface area contributed by atoms with Crippen molar-refractivity contribution in [2.24, 2.45) is 7.05 Å². The third-order valence-corrected chi connectivity index (χ3v) is 4.10. The minimum atomic E-state index is -4.42. The number of carbonyl (C=O) groups is 1. The first kappa shape index (κ1) is 18.0. The lowest BCUT2D eigenvalue weighted by molar-refractivity contribution is -0.137. The highest BCUT2D eigenvalue weighted by molar-refractivity contribution is 5.93. The molecule has 0 aliphatic carbocycles. The van der Waals surface area contributed by atoms with Crippen molar-refractivity contribution in [3.8, 4) is 0 Å². The molecule has 9 heteroatoms. The van der Waals surface area contributed by atoms with Crippen LogP contribution in [0.1, 0.15) is 41.6 Å². The first-order valence-electron chi connectivity index (χ1n) is 8.01. The molecule has 0 bridgehead atoms. The number of alkyl halides is 3. The Kier molecular flexibility index (Phi) is 4.47. The minimum absolute atomic E-state index is 0.0955. The monoisotopic (exact) mass is 365 g/mol. The summed E-state index contributed by atoms with van der Waals surface area (Å²) in [5.41, 5.74) is 0.464. The Bertz CT molecular complexity index is 955. The van der Waals surface area contributed by atoms with Crippen molar-refractivity contribution in [3.05, 3.63) is 47.5 Å². The van der Waals surface area contributed by atoms with Crippen LogP contribution in [0.2, 0.25) is 0 Å². The zero-order chi connectivity index (χ0) is 19.1. The second kappa shape index (κ2) is 6.47. The lowest BCUT2D eigenvalue weighted by Gasteiger charge is -2.06. The zero-order valence-corrected chi connectivity index (χ0v) is 14.5. The van der Waals surface area contributed by atoms with Crippen LogP contribution in [0.15, 0.2) is 30.6 Å². The smallest absolute Gasteiger partial charge is 0.345 e. The molecule has 1 N–H and O–H groups in total. The van der Waals surface area contributed by atoms with Crippen LogP contribution in [0.25, 0.3) is 11.0 Å². The Morgan fingerprint density at radius 2 is 2.04 bits per heavy atom. The highest BCUT2D eigenvalue weighted by Gasteiger charge is 2.31. The summed E-state index contributed by atoms with van der Waals surface area (Å²) >= 11 is 0. The molecule has 0 spiro atoms. The summed E-state index contributed by atoms with van der Waals surface area (Å²) in [6.45, 7) is 3.99. The van der Waals surface area contributed by atoms with Crippen molar-refractivity contribution in [2.75, 3.05) is 0 Å². The van der Waals surface area contributed by atoms with E-state index in [2.05, 4.69) is 15.4 Å². The number of amides is 1. The molecule has 2 heterocycles. The number of imidazole rings is 1. The van der Waals surface area contributed by atoms with Gasteiger partial charge in [-0.3, -0.25) is 9.48 Å². The molecule has 3 rings (SSSR count). The molecule has 0 fully saturated rings.